The molecular weight excluding hydrogens is 323 g/mol. The quantitative estimate of drug-likeness (QED) is 0.790. The molecule has 0 aliphatic carbocycles. The first-order valence-corrected chi connectivity index (χ1v) is 6.75. The van der Waals surface area contributed by atoms with Gasteiger partial charge in [-0.15, -0.1) is 24.8 Å². The first kappa shape index (κ1) is 20.3. The number of aromatic nitrogens is 2. The van der Waals surface area contributed by atoms with Crippen molar-refractivity contribution in [3.63, 3.8) is 0 Å². The van der Waals surface area contributed by atoms with Crippen LogP contribution < -0.4 is 11.1 Å². The van der Waals surface area contributed by atoms with E-state index in [0.29, 0.717) is 19.4 Å². The summed E-state index contributed by atoms with van der Waals surface area (Å²) in [5.74, 6) is 0.0351. The maximum atomic E-state index is 11.9. The van der Waals surface area contributed by atoms with Gasteiger partial charge in [-0.2, -0.15) is 5.10 Å². The minimum absolute atomic E-state index is 0. The Labute approximate surface area is 143 Å². The summed E-state index contributed by atoms with van der Waals surface area (Å²) in [6, 6.07) is 9.56. The second kappa shape index (κ2) is 10.1. The molecule has 1 heterocycles. The number of hydrogen-bond donors (Lipinski definition) is 2. The number of nitrogens with zero attached hydrogens (tertiary/aromatic N) is 2. The average molecular weight is 345 g/mol. The maximum absolute atomic E-state index is 11.9. The molecule has 5 nitrogen and oxygen atoms in total. The Bertz CT molecular complexity index is 560. The normalized spacial score (nSPS) is 11.0. The third-order valence-corrected chi connectivity index (χ3v) is 3.10. The van der Waals surface area contributed by atoms with Gasteiger partial charge in [-0.3, -0.25) is 9.48 Å². The van der Waals surface area contributed by atoms with E-state index in [0.717, 1.165) is 11.3 Å². The van der Waals surface area contributed by atoms with Gasteiger partial charge >= 0.3 is 0 Å². The SMILES string of the molecule is CC(Cn1cccn1)NC(=O)CCc1ccccc1N.Cl.Cl. The number of amides is 1. The Kier molecular flexibility index (Phi) is 9.29. The van der Waals surface area contributed by atoms with E-state index in [-0.39, 0.29) is 36.8 Å². The highest BCUT2D eigenvalue weighted by Gasteiger charge is 2.09. The summed E-state index contributed by atoms with van der Waals surface area (Å²) in [6.07, 6.45) is 4.71. The van der Waals surface area contributed by atoms with E-state index in [4.69, 9.17) is 5.73 Å². The molecule has 0 bridgehead atoms. The summed E-state index contributed by atoms with van der Waals surface area (Å²) in [7, 11) is 0. The van der Waals surface area contributed by atoms with Gasteiger partial charge in [0.05, 0.1) is 6.54 Å². The number of anilines is 1. The topological polar surface area (TPSA) is 72.9 Å². The predicted octanol–water partition coefficient (Wildman–Crippen LogP) is 2.45. The van der Waals surface area contributed by atoms with Crippen molar-refractivity contribution >= 4 is 36.4 Å². The lowest BCUT2D eigenvalue weighted by atomic mass is 10.1. The molecule has 0 spiro atoms. The van der Waals surface area contributed by atoms with Gasteiger partial charge in [-0.25, -0.2) is 0 Å². The molecule has 1 aromatic heterocycles. The van der Waals surface area contributed by atoms with Crippen LogP contribution in [0.25, 0.3) is 0 Å². The molecule has 7 heteroatoms. The van der Waals surface area contributed by atoms with Gasteiger partial charge in [0.2, 0.25) is 5.91 Å². The number of benzene rings is 1. The molecule has 0 saturated heterocycles. The van der Waals surface area contributed by atoms with Gasteiger partial charge in [-0.1, -0.05) is 18.2 Å². The van der Waals surface area contributed by atoms with E-state index in [1.165, 1.54) is 0 Å². The molecule has 1 atom stereocenters. The molecule has 0 radical (unpaired) electrons. The number of para-hydroxylation sites is 1. The van der Waals surface area contributed by atoms with Crippen LogP contribution in [0.3, 0.4) is 0 Å². The molecule has 1 unspecified atom stereocenters. The third-order valence-electron chi connectivity index (χ3n) is 3.10. The van der Waals surface area contributed by atoms with Gasteiger partial charge in [-0.05, 0) is 31.0 Å². The van der Waals surface area contributed by atoms with E-state index < -0.39 is 0 Å². The zero-order valence-electron chi connectivity index (χ0n) is 12.4. The molecule has 1 amide bonds. The van der Waals surface area contributed by atoms with Gasteiger partial charge in [0, 0.05) is 30.5 Å². The second-order valence-electron chi connectivity index (χ2n) is 4.90. The van der Waals surface area contributed by atoms with Crippen LogP contribution in [0.4, 0.5) is 5.69 Å². The van der Waals surface area contributed by atoms with Crippen LogP contribution in [0.1, 0.15) is 18.9 Å². The Morgan fingerprint density at radius 1 is 1.32 bits per heavy atom. The summed E-state index contributed by atoms with van der Waals surface area (Å²) < 4.78 is 1.81. The largest absolute Gasteiger partial charge is 0.399 e. The summed E-state index contributed by atoms with van der Waals surface area (Å²) in [5, 5.41) is 7.08. The van der Waals surface area contributed by atoms with Crippen LogP contribution in [0.2, 0.25) is 0 Å². The van der Waals surface area contributed by atoms with E-state index >= 15 is 0 Å². The van der Waals surface area contributed by atoms with Crippen LogP contribution in [-0.4, -0.2) is 21.7 Å². The number of carbonyl (C=O) groups is 1. The Hall–Kier alpha value is -1.72. The minimum Gasteiger partial charge on any atom is -0.399 e. The number of nitrogen functional groups attached to an aromatic ring is 1. The second-order valence-corrected chi connectivity index (χ2v) is 4.90. The van der Waals surface area contributed by atoms with Gasteiger partial charge in [0.1, 0.15) is 0 Å². The van der Waals surface area contributed by atoms with Crippen LogP contribution in [0.5, 0.6) is 0 Å². The van der Waals surface area contributed by atoms with Crippen molar-refractivity contribution in [2.24, 2.45) is 0 Å². The summed E-state index contributed by atoms with van der Waals surface area (Å²) in [6.45, 7) is 2.64. The lowest BCUT2D eigenvalue weighted by molar-refractivity contribution is -0.121. The summed E-state index contributed by atoms with van der Waals surface area (Å²) in [5.41, 5.74) is 7.61. The number of halogens is 2. The molecule has 22 heavy (non-hydrogen) atoms. The fourth-order valence-corrected chi connectivity index (χ4v) is 2.09. The highest BCUT2D eigenvalue weighted by Crippen LogP contribution is 2.12. The first-order chi connectivity index (χ1) is 9.65. The molecule has 1 aromatic carbocycles. The standard InChI is InChI=1S/C15H20N4O.2ClH/c1-12(11-19-10-4-9-17-19)18-15(20)8-7-13-5-2-3-6-14(13)16;;/h2-6,9-10,12H,7-8,11,16H2,1H3,(H,18,20);2*1H. The molecule has 2 aromatic rings. The van der Waals surface area contributed by atoms with Crippen molar-refractivity contribution in [3.05, 3.63) is 48.3 Å². The van der Waals surface area contributed by atoms with E-state index in [2.05, 4.69) is 10.4 Å². The smallest absolute Gasteiger partial charge is 0.220 e. The summed E-state index contributed by atoms with van der Waals surface area (Å²) in [4.78, 5) is 11.9. The molecule has 0 fully saturated rings. The number of nitrogens with two attached hydrogens (primary N) is 1. The van der Waals surface area contributed by atoms with Crippen LogP contribution in [0, 0.1) is 0 Å². The number of hydrogen-bond acceptors (Lipinski definition) is 3. The molecule has 122 valence electrons. The van der Waals surface area contributed by atoms with E-state index in [1.807, 2.05) is 43.5 Å². The minimum atomic E-state index is 0. The highest BCUT2D eigenvalue weighted by molar-refractivity contribution is 5.85. The van der Waals surface area contributed by atoms with Crippen molar-refractivity contribution in [2.45, 2.75) is 32.4 Å². The zero-order valence-corrected chi connectivity index (χ0v) is 14.1. The Morgan fingerprint density at radius 3 is 2.68 bits per heavy atom. The number of nitrogens with one attached hydrogen (secondary N) is 1. The third kappa shape index (κ3) is 6.37. The van der Waals surface area contributed by atoms with Crippen molar-refractivity contribution < 1.29 is 4.79 Å². The van der Waals surface area contributed by atoms with E-state index in [1.54, 1.807) is 10.9 Å². The zero-order chi connectivity index (χ0) is 14.4. The molecule has 2 rings (SSSR count). The van der Waals surface area contributed by atoms with Crippen molar-refractivity contribution in [1.82, 2.24) is 15.1 Å². The number of rotatable bonds is 6. The van der Waals surface area contributed by atoms with Crippen molar-refractivity contribution in [2.75, 3.05) is 5.73 Å². The first-order valence-electron chi connectivity index (χ1n) is 6.75. The Morgan fingerprint density at radius 2 is 2.05 bits per heavy atom. The van der Waals surface area contributed by atoms with Gasteiger partial charge in [0.15, 0.2) is 0 Å². The molecule has 3 N–H and O–H groups in total. The van der Waals surface area contributed by atoms with Crippen molar-refractivity contribution in [3.8, 4) is 0 Å². The summed E-state index contributed by atoms with van der Waals surface area (Å²) >= 11 is 0. The fourth-order valence-electron chi connectivity index (χ4n) is 2.09. The highest BCUT2D eigenvalue weighted by atomic mass is 35.5. The fraction of sp³-hybridized carbons (Fsp3) is 0.333. The van der Waals surface area contributed by atoms with Gasteiger partial charge < -0.3 is 11.1 Å². The van der Waals surface area contributed by atoms with Crippen molar-refractivity contribution in [1.29, 1.82) is 0 Å². The van der Waals surface area contributed by atoms with Crippen LogP contribution in [0.15, 0.2) is 42.7 Å². The lowest BCUT2D eigenvalue weighted by Crippen LogP contribution is -2.35. The number of carbonyl (C=O) groups excluding carboxylic acids is 1. The Balaban J connectivity index is 0.00000220. The van der Waals surface area contributed by atoms with Crippen LogP contribution in [-0.2, 0) is 17.8 Å². The predicted molar refractivity (Wildman–Crippen MR) is 93.5 cm³/mol. The average Bonchev–Trinajstić information content (AvgIpc) is 2.90. The molecule has 0 aliphatic rings. The monoisotopic (exact) mass is 344 g/mol. The van der Waals surface area contributed by atoms with Gasteiger partial charge in [0.25, 0.3) is 0 Å². The molecule has 0 aliphatic heterocycles. The lowest BCUT2D eigenvalue weighted by Gasteiger charge is -2.14. The van der Waals surface area contributed by atoms with Crippen LogP contribution >= 0.6 is 24.8 Å². The molecule has 0 saturated carbocycles. The maximum Gasteiger partial charge on any atom is 0.220 e. The van der Waals surface area contributed by atoms with E-state index in [9.17, 15) is 4.79 Å². The molecular formula is C15H22Cl2N4O. The number of aryl methyl sites for hydroxylation is 1.